The molecule has 0 spiro atoms. The minimum absolute atomic E-state index is 0.150. The molecule has 0 radical (unpaired) electrons. The number of hydrogen-bond donors (Lipinski definition) is 0. The molecule has 0 fully saturated rings. The van der Waals surface area contributed by atoms with Crippen molar-refractivity contribution in [1.82, 2.24) is 9.78 Å². The Kier molecular flexibility index (Phi) is 5.97. The van der Waals surface area contributed by atoms with Crippen molar-refractivity contribution in [2.24, 2.45) is 0 Å². The van der Waals surface area contributed by atoms with Gasteiger partial charge in [-0.25, -0.2) is 4.68 Å². The molecular weight excluding hydrogens is 280 g/mol. The van der Waals surface area contributed by atoms with E-state index < -0.39 is 8.07 Å². The van der Waals surface area contributed by atoms with Crippen molar-refractivity contribution >= 4 is 19.7 Å². The molecule has 0 aliphatic rings. The number of nitrogens with zero attached hydrogens (tertiary/aromatic N) is 2. The second-order valence-electron chi connectivity index (χ2n) is 5.63. The Morgan fingerprint density at radius 3 is 2.79 bits per heavy atom. The summed E-state index contributed by atoms with van der Waals surface area (Å²) in [6, 6.07) is 1.06. The molecular formula is C13H21ClN2O2Si. The van der Waals surface area contributed by atoms with Gasteiger partial charge in [-0.05, 0) is 12.5 Å². The zero-order valence-electron chi connectivity index (χ0n) is 11.8. The second kappa shape index (κ2) is 7.03. The fraction of sp³-hybridized carbons (Fsp3) is 0.538. The number of aromatic nitrogens is 2. The van der Waals surface area contributed by atoms with Crippen LogP contribution in [0.3, 0.4) is 0 Å². The molecule has 0 saturated carbocycles. The summed E-state index contributed by atoms with van der Waals surface area (Å²) >= 11 is 5.99. The smallest absolute Gasteiger partial charge is 0.288 e. The summed E-state index contributed by atoms with van der Waals surface area (Å²) in [5, 5.41) is 4.25. The zero-order chi connectivity index (χ0) is 14.5. The first-order valence-corrected chi connectivity index (χ1v) is 10.4. The molecule has 0 aliphatic carbocycles. The van der Waals surface area contributed by atoms with Crippen LogP contribution in [-0.2, 0) is 17.9 Å². The lowest BCUT2D eigenvalue weighted by atomic mass is 10.2. The van der Waals surface area contributed by atoms with Crippen LogP contribution in [0, 0.1) is 0 Å². The van der Waals surface area contributed by atoms with E-state index in [1.54, 1.807) is 12.3 Å². The highest BCUT2D eigenvalue weighted by Crippen LogP contribution is 2.10. The Morgan fingerprint density at radius 1 is 1.53 bits per heavy atom. The third-order valence-corrected chi connectivity index (χ3v) is 4.74. The van der Waals surface area contributed by atoms with Crippen molar-refractivity contribution in [3.63, 3.8) is 0 Å². The summed E-state index contributed by atoms with van der Waals surface area (Å²) in [5.41, 5.74) is 0.383. The van der Waals surface area contributed by atoms with Crippen molar-refractivity contribution in [3.05, 3.63) is 39.8 Å². The van der Waals surface area contributed by atoms with Gasteiger partial charge in [0, 0.05) is 20.2 Å². The van der Waals surface area contributed by atoms with Crippen LogP contribution in [-0.4, -0.2) is 24.5 Å². The largest absolute Gasteiger partial charge is 0.359 e. The van der Waals surface area contributed by atoms with E-state index in [0.29, 0.717) is 18.6 Å². The molecule has 1 heterocycles. The molecule has 6 heteroatoms. The first kappa shape index (κ1) is 16.1. The molecule has 106 valence electrons. The Bertz CT molecular complexity index is 494. The van der Waals surface area contributed by atoms with E-state index >= 15 is 0 Å². The van der Waals surface area contributed by atoms with Crippen LogP contribution in [0.25, 0.3) is 0 Å². The van der Waals surface area contributed by atoms with Gasteiger partial charge in [-0.2, -0.15) is 5.10 Å². The molecule has 0 unspecified atom stereocenters. The van der Waals surface area contributed by atoms with Crippen LogP contribution in [0.2, 0.25) is 30.7 Å². The van der Waals surface area contributed by atoms with Gasteiger partial charge in [-0.3, -0.25) is 4.79 Å². The molecule has 4 nitrogen and oxygen atoms in total. The van der Waals surface area contributed by atoms with Gasteiger partial charge in [0.15, 0.2) is 0 Å². The average molecular weight is 301 g/mol. The van der Waals surface area contributed by atoms with Crippen LogP contribution in [0.1, 0.15) is 5.56 Å². The van der Waals surface area contributed by atoms with Crippen molar-refractivity contribution < 1.29 is 4.74 Å². The number of halogens is 1. The molecule has 0 saturated heterocycles. The SMILES string of the molecule is C=CCc1cnn(COCC[Si](C)(C)C)c(=O)c1Cl. The lowest BCUT2D eigenvalue weighted by Crippen LogP contribution is -2.27. The molecule has 0 N–H and O–H groups in total. The second-order valence-corrected chi connectivity index (χ2v) is 11.6. The van der Waals surface area contributed by atoms with E-state index in [1.165, 1.54) is 4.68 Å². The van der Waals surface area contributed by atoms with Crippen LogP contribution in [0.15, 0.2) is 23.6 Å². The third-order valence-electron chi connectivity index (χ3n) is 2.63. The Morgan fingerprint density at radius 2 is 2.21 bits per heavy atom. The van der Waals surface area contributed by atoms with Crippen LogP contribution < -0.4 is 5.56 Å². The first-order valence-electron chi connectivity index (χ1n) is 6.28. The summed E-state index contributed by atoms with van der Waals surface area (Å²) in [7, 11) is -1.11. The lowest BCUT2D eigenvalue weighted by Gasteiger charge is -2.15. The highest BCUT2D eigenvalue weighted by Gasteiger charge is 2.13. The molecule has 1 aromatic heterocycles. The van der Waals surface area contributed by atoms with E-state index in [0.717, 1.165) is 6.04 Å². The molecule has 0 bridgehead atoms. The number of allylic oxidation sites excluding steroid dienone is 1. The van der Waals surface area contributed by atoms with E-state index in [2.05, 4.69) is 31.3 Å². The minimum Gasteiger partial charge on any atom is -0.359 e. The van der Waals surface area contributed by atoms with Crippen molar-refractivity contribution in [1.29, 1.82) is 0 Å². The normalized spacial score (nSPS) is 11.6. The highest BCUT2D eigenvalue weighted by atomic mass is 35.5. The summed E-state index contributed by atoms with van der Waals surface area (Å²) in [4.78, 5) is 11.9. The van der Waals surface area contributed by atoms with Crippen molar-refractivity contribution in [2.75, 3.05) is 6.61 Å². The minimum atomic E-state index is -1.11. The Labute approximate surface area is 120 Å². The number of hydrogen-bond acceptors (Lipinski definition) is 3. The maximum absolute atomic E-state index is 11.9. The van der Waals surface area contributed by atoms with Gasteiger partial charge in [-0.15, -0.1) is 6.58 Å². The molecule has 0 atom stereocenters. The zero-order valence-corrected chi connectivity index (χ0v) is 13.5. The fourth-order valence-electron chi connectivity index (χ4n) is 1.42. The van der Waals surface area contributed by atoms with Crippen LogP contribution in [0.4, 0.5) is 0 Å². The van der Waals surface area contributed by atoms with Gasteiger partial charge in [0.2, 0.25) is 0 Å². The highest BCUT2D eigenvalue weighted by molar-refractivity contribution is 6.76. The standard InChI is InChI=1S/C13H21ClN2O2Si/c1-5-6-11-9-15-16(13(17)12(11)14)10-18-7-8-19(2,3)4/h5,9H,1,6-8,10H2,2-4H3. The molecule has 19 heavy (non-hydrogen) atoms. The lowest BCUT2D eigenvalue weighted by molar-refractivity contribution is 0.0749. The molecule has 0 aliphatic heterocycles. The van der Waals surface area contributed by atoms with E-state index in [-0.39, 0.29) is 17.3 Å². The first-order chi connectivity index (χ1) is 8.85. The van der Waals surface area contributed by atoms with Crippen molar-refractivity contribution in [3.8, 4) is 0 Å². The topological polar surface area (TPSA) is 44.1 Å². The number of ether oxygens (including phenoxy) is 1. The van der Waals surface area contributed by atoms with E-state index in [4.69, 9.17) is 16.3 Å². The predicted molar refractivity (Wildman–Crippen MR) is 81.5 cm³/mol. The molecule has 0 amide bonds. The number of rotatable bonds is 7. The van der Waals surface area contributed by atoms with Crippen molar-refractivity contribution in [2.45, 2.75) is 38.8 Å². The molecule has 0 aromatic carbocycles. The van der Waals surface area contributed by atoms with E-state index in [9.17, 15) is 4.79 Å². The summed E-state index contributed by atoms with van der Waals surface area (Å²) in [6.45, 7) is 11.3. The average Bonchev–Trinajstić information content (AvgIpc) is 2.32. The predicted octanol–water partition coefficient (Wildman–Crippen LogP) is 2.94. The monoisotopic (exact) mass is 300 g/mol. The Balaban J connectivity index is 2.63. The summed E-state index contributed by atoms with van der Waals surface area (Å²) in [5.74, 6) is 0. The fourth-order valence-corrected chi connectivity index (χ4v) is 2.40. The molecule has 1 rings (SSSR count). The maximum atomic E-state index is 11.9. The third kappa shape index (κ3) is 5.30. The molecule has 1 aromatic rings. The van der Waals surface area contributed by atoms with Gasteiger partial charge in [0.1, 0.15) is 11.8 Å². The van der Waals surface area contributed by atoms with Gasteiger partial charge in [0.25, 0.3) is 5.56 Å². The van der Waals surface area contributed by atoms with Crippen LogP contribution >= 0.6 is 11.6 Å². The van der Waals surface area contributed by atoms with E-state index in [1.807, 2.05) is 0 Å². The van der Waals surface area contributed by atoms with Gasteiger partial charge >= 0.3 is 0 Å². The summed E-state index contributed by atoms with van der Waals surface area (Å²) < 4.78 is 6.74. The Hall–Kier alpha value is -0.913. The van der Waals surface area contributed by atoms with Crippen LogP contribution in [0.5, 0.6) is 0 Å². The van der Waals surface area contributed by atoms with Gasteiger partial charge in [0.05, 0.1) is 6.20 Å². The van der Waals surface area contributed by atoms with Gasteiger partial charge in [-0.1, -0.05) is 37.3 Å². The van der Waals surface area contributed by atoms with Gasteiger partial charge < -0.3 is 4.74 Å². The maximum Gasteiger partial charge on any atom is 0.288 e. The summed E-state index contributed by atoms with van der Waals surface area (Å²) in [6.07, 6.45) is 3.82. The quantitative estimate of drug-likeness (QED) is 0.442.